The van der Waals surface area contributed by atoms with Crippen LogP contribution in [0.5, 0.6) is 0 Å². The Morgan fingerprint density at radius 2 is 1.77 bits per heavy atom. The third-order valence-corrected chi connectivity index (χ3v) is 3.24. The van der Waals surface area contributed by atoms with Gasteiger partial charge in [0.2, 0.25) is 0 Å². The SMILES string of the molecule is Cc1ccc(C(C)NC(=O)c2ccc(C(F)(F)F)nc2)cc1. The Balaban J connectivity index is 2.07. The molecule has 2 aromatic rings. The van der Waals surface area contributed by atoms with Crippen molar-refractivity contribution in [3.05, 3.63) is 65.0 Å². The van der Waals surface area contributed by atoms with Crippen LogP contribution in [0.1, 0.15) is 40.1 Å². The van der Waals surface area contributed by atoms with E-state index in [2.05, 4.69) is 10.3 Å². The normalized spacial score (nSPS) is 12.8. The second-order valence-corrected chi connectivity index (χ2v) is 5.04. The van der Waals surface area contributed by atoms with E-state index in [4.69, 9.17) is 0 Å². The van der Waals surface area contributed by atoms with Crippen molar-refractivity contribution in [1.82, 2.24) is 10.3 Å². The minimum Gasteiger partial charge on any atom is -0.345 e. The number of hydrogen-bond donors (Lipinski definition) is 1. The molecule has 0 radical (unpaired) electrons. The lowest BCUT2D eigenvalue weighted by molar-refractivity contribution is -0.141. The summed E-state index contributed by atoms with van der Waals surface area (Å²) in [4.78, 5) is 15.3. The second kappa shape index (κ2) is 6.17. The first-order valence-electron chi connectivity index (χ1n) is 6.68. The fraction of sp³-hybridized carbons (Fsp3) is 0.250. The van der Waals surface area contributed by atoms with Gasteiger partial charge in [0.15, 0.2) is 0 Å². The highest BCUT2D eigenvalue weighted by atomic mass is 19.4. The van der Waals surface area contributed by atoms with E-state index in [0.717, 1.165) is 29.5 Å². The summed E-state index contributed by atoms with van der Waals surface area (Å²) >= 11 is 0. The summed E-state index contributed by atoms with van der Waals surface area (Å²) in [5, 5.41) is 2.73. The van der Waals surface area contributed by atoms with E-state index >= 15 is 0 Å². The van der Waals surface area contributed by atoms with Crippen LogP contribution in [0.3, 0.4) is 0 Å². The number of hydrogen-bond acceptors (Lipinski definition) is 2. The van der Waals surface area contributed by atoms with Gasteiger partial charge in [-0.3, -0.25) is 9.78 Å². The molecule has 0 bridgehead atoms. The summed E-state index contributed by atoms with van der Waals surface area (Å²) in [6.07, 6.45) is -3.58. The maximum Gasteiger partial charge on any atom is 0.433 e. The van der Waals surface area contributed by atoms with Gasteiger partial charge < -0.3 is 5.32 Å². The van der Waals surface area contributed by atoms with Crippen molar-refractivity contribution in [1.29, 1.82) is 0 Å². The van der Waals surface area contributed by atoms with Gasteiger partial charge in [-0.05, 0) is 31.5 Å². The van der Waals surface area contributed by atoms with Crippen molar-refractivity contribution < 1.29 is 18.0 Å². The first-order valence-corrected chi connectivity index (χ1v) is 6.68. The Morgan fingerprint density at radius 3 is 2.27 bits per heavy atom. The van der Waals surface area contributed by atoms with E-state index in [-0.39, 0.29) is 11.6 Å². The van der Waals surface area contributed by atoms with Gasteiger partial charge in [0.25, 0.3) is 5.91 Å². The minimum atomic E-state index is -4.51. The standard InChI is InChI=1S/C16H15F3N2O/c1-10-3-5-12(6-4-10)11(2)21-15(22)13-7-8-14(20-9-13)16(17,18)19/h3-9,11H,1-2H3,(H,21,22). The zero-order chi connectivity index (χ0) is 16.3. The molecule has 0 aliphatic carbocycles. The van der Waals surface area contributed by atoms with Crippen LogP contribution < -0.4 is 5.32 Å². The quantitative estimate of drug-likeness (QED) is 0.934. The zero-order valence-corrected chi connectivity index (χ0v) is 12.1. The third-order valence-electron chi connectivity index (χ3n) is 3.24. The van der Waals surface area contributed by atoms with Crippen molar-refractivity contribution in [3.8, 4) is 0 Å². The van der Waals surface area contributed by atoms with E-state index in [0.29, 0.717) is 0 Å². The van der Waals surface area contributed by atoms with Crippen LogP contribution in [0.2, 0.25) is 0 Å². The number of alkyl halides is 3. The molecule has 3 nitrogen and oxygen atoms in total. The van der Waals surface area contributed by atoms with Crippen molar-refractivity contribution >= 4 is 5.91 Å². The number of benzene rings is 1. The summed E-state index contributed by atoms with van der Waals surface area (Å²) in [5.41, 5.74) is 1.09. The summed E-state index contributed by atoms with van der Waals surface area (Å²) in [6, 6.07) is 9.31. The van der Waals surface area contributed by atoms with Gasteiger partial charge in [-0.15, -0.1) is 0 Å². The van der Waals surface area contributed by atoms with Crippen LogP contribution >= 0.6 is 0 Å². The topological polar surface area (TPSA) is 42.0 Å². The van der Waals surface area contributed by atoms with E-state index in [9.17, 15) is 18.0 Å². The van der Waals surface area contributed by atoms with Crippen molar-refractivity contribution in [2.45, 2.75) is 26.1 Å². The predicted molar refractivity (Wildman–Crippen MR) is 76.3 cm³/mol. The molecule has 1 heterocycles. The number of carbonyl (C=O) groups is 1. The number of nitrogens with zero attached hydrogens (tertiary/aromatic N) is 1. The minimum absolute atomic E-state index is 0.0898. The fourth-order valence-corrected chi connectivity index (χ4v) is 1.91. The van der Waals surface area contributed by atoms with Gasteiger partial charge in [-0.25, -0.2) is 0 Å². The Labute approximate surface area is 126 Å². The number of pyridine rings is 1. The first-order chi connectivity index (χ1) is 10.3. The number of carbonyl (C=O) groups excluding carboxylic acids is 1. The van der Waals surface area contributed by atoms with Gasteiger partial charge >= 0.3 is 6.18 Å². The van der Waals surface area contributed by atoms with Crippen LogP contribution in [0.4, 0.5) is 13.2 Å². The molecule has 0 aliphatic rings. The van der Waals surface area contributed by atoms with Crippen LogP contribution in [-0.2, 0) is 6.18 Å². The van der Waals surface area contributed by atoms with Crippen molar-refractivity contribution in [2.75, 3.05) is 0 Å². The third kappa shape index (κ3) is 3.84. The molecule has 2 rings (SSSR count). The average molecular weight is 308 g/mol. The number of amides is 1. The summed E-state index contributed by atoms with van der Waals surface area (Å²) in [7, 11) is 0. The number of rotatable bonds is 3. The van der Waals surface area contributed by atoms with E-state index in [1.54, 1.807) is 6.92 Å². The molecular weight excluding hydrogens is 293 g/mol. The summed E-state index contributed by atoms with van der Waals surface area (Å²) in [6.45, 7) is 3.76. The Morgan fingerprint density at radius 1 is 1.14 bits per heavy atom. The van der Waals surface area contributed by atoms with Gasteiger partial charge in [0.05, 0.1) is 11.6 Å². The van der Waals surface area contributed by atoms with Gasteiger partial charge in [-0.2, -0.15) is 13.2 Å². The van der Waals surface area contributed by atoms with Crippen molar-refractivity contribution in [3.63, 3.8) is 0 Å². The Bertz CT molecular complexity index is 649. The largest absolute Gasteiger partial charge is 0.433 e. The number of aromatic nitrogens is 1. The van der Waals surface area contributed by atoms with E-state index < -0.39 is 17.8 Å². The molecule has 1 amide bonds. The average Bonchev–Trinajstić information content (AvgIpc) is 2.47. The smallest absolute Gasteiger partial charge is 0.345 e. The van der Waals surface area contributed by atoms with Crippen LogP contribution in [0.25, 0.3) is 0 Å². The van der Waals surface area contributed by atoms with E-state index in [1.807, 2.05) is 31.2 Å². The Kier molecular flexibility index (Phi) is 4.49. The molecule has 1 unspecified atom stereocenters. The molecule has 0 fully saturated rings. The second-order valence-electron chi connectivity index (χ2n) is 5.04. The fourth-order valence-electron chi connectivity index (χ4n) is 1.91. The molecule has 6 heteroatoms. The number of nitrogens with one attached hydrogen (secondary N) is 1. The molecule has 1 N–H and O–H groups in total. The van der Waals surface area contributed by atoms with Gasteiger partial charge in [0.1, 0.15) is 5.69 Å². The molecule has 1 aromatic carbocycles. The molecule has 1 atom stereocenters. The molecular formula is C16H15F3N2O. The lowest BCUT2D eigenvalue weighted by Gasteiger charge is -2.15. The lowest BCUT2D eigenvalue weighted by atomic mass is 10.1. The maximum absolute atomic E-state index is 12.4. The summed E-state index contributed by atoms with van der Waals surface area (Å²) < 4.78 is 37.3. The van der Waals surface area contributed by atoms with Crippen LogP contribution in [0.15, 0.2) is 42.6 Å². The highest BCUT2D eigenvalue weighted by molar-refractivity contribution is 5.94. The number of halogens is 3. The molecule has 116 valence electrons. The van der Waals surface area contributed by atoms with Gasteiger partial charge in [0, 0.05) is 6.20 Å². The van der Waals surface area contributed by atoms with Crippen LogP contribution in [0, 0.1) is 6.92 Å². The summed E-state index contributed by atoms with van der Waals surface area (Å²) in [5.74, 6) is -0.464. The van der Waals surface area contributed by atoms with Gasteiger partial charge in [-0.1, -0.05) is 29.8 Å². The highest BCUT2D eigenvalue weighted by Gasteiger charge is 2.32. The monoisotopic (exact) mass is 308 g/mol. The van der Waals surface area contributed by atoms with Crippen LogP contribution in [-0.4, -0.2) is 10.9 Å². The van der Waals surface area contributed by atoms with Crippen molar-refractivity contribution in [2.24, 2.45) is 0 Å². The maximum atomic E-state index is 12.4. The highest BCUT2D eigenvalue weighted by Crippen LogP contribution is 2.27. The molecule has 0 aliphatic heterocycles. The molecule has 0 saturated carbocycles. The number of aryl methyl sites for hydroxylation is 1. The molecule has 0 spiro atoms. The molecule has 0 saturated heterocycles. The van der Waals surface area contributed by atoms with E-state index in [1.165, 1.54) is 0 Å². The molecule has 22 heavy (non-hydrogen) atoms. The molecule has 1 aromatic heterocycles. The Hall–Kier alpha value is -2.37. The lowest BCUT2D eigenvalue weighted by Crippen LogP contribution is -2.27. The zero-order valence-electron chi connectivity index (χ0n) is 12.1. The first kappa shape index (κ1) is 16.0. The predicted octanol–water partition coefficient (Wildman–Crippen LogP) is 3.90.